The van der Waals surface area contributed by atoms with Gasteiger partial charge in [-0.2, -0.15) is 0 Å². The van der Waals surface area contributed by atoms with Crippen LogP contribution < -0.4 is 4.74 Å². The maximum absolute atomic E-state index is 5.56. The Morgan fingerprint density at radius 3 is 2.80 bits per heavy atom. The summed E-state index contributed by atoms with van der Waals surface area (Å²) in [6.45, 7) is 6.55. The normalized spacial score (nSPS) is 11.4. The number of methoxy groups -OCH3 is 1. The summed E-state index contributed by atoms with van der Waals surface area (Å²) >= 11 is 1.71. The van der Waals surface area contributed by atoms with E-state index in [0.717, 1.165) is 16.3 Å². The van der Waals surface area contributed by atoms with E-state index in [9.17, 15) is 0 Å². The summed E-state index contributed by atoms with van der Waals surface area (Å²) in [5.41, 5.74) is 3.64. The van der Waals surface area contributed by atoms with E-state index in [1.54, 1.807) is 18.4 Å². The second-order valence-corrected chi connectivity index (χ2v) is 6.38. The maximum Gasteiger partial charge on any atom is 0.194 e. The Labute approximate surface area is 122 Å². The topological polar surface area (TPSA) is 26.5 Å². The van der Waals surface area contributed by atoms with Gasteiger partial charge in [-0.3, -0.25) is 4.40 Å². The molecule has 0 radical (unpaired) electrons. The van der Waals surface area contributed by atoms with Crippen LogP contribution in [-0.4, -0.2) is 16.5 Å². The maximum atomic E-state index is 5.56. The predicted molar refractivity (Wildman–Crippen MR) is 83.9 cm³/mol. The molecule has 0 aliphatic heterocycles. The van der Waals surface area contributed by atoms with Crippen LogP contribution in [0.5, 0.6) is 5.75 Å². The lowest BCUT2D eigenvalue weighted by Crippen LogP contribution is -1.95. The SMILES string of the molecule is COc1ccc(C(C)C)cc1-c1c(C)sc2nccn12. The van der Waals surface area contributed by atoms with Crippen LogP contribution in [0.25, 0.3) is 16.2 Å². The van der Waals surface area contributed by atoms with Gasteiger partial charge in [-0.05, 0) is 30.5 Å². The molecule has 0 spiro atoms. The third-order valence-corrected chi connectivity index (χ3v) is 4.56. The molecule has 0 saturated carbocycles. The second kappa shape index (κ2) is 4.94. The van der Waals surface area contributed by atoms with Crippen molar-refractivity contribution >= 4 is 16.3 Å². The van der Waals surface area contributed by atoms with Gasteiger partial charge in [0, 0.05) is 22.8 Å². The first-order valence-electron chi connectivity index (χ1n) is 6.72. The fraction of sp³-hybridized carbons (Fsp3) is 0.312. The summed E-state index contributed by atoms with van der Waals surface area (Å²) in [6, 6.07) is 6.43. The Bertz CT molecular complexity index is 755. The fourth-order valence-electron chi connectivity index (χ4n) is 2.48. The molecule has 0 N–H and O–H groups in total. The number of hydrogen-bond acceptors (Lipinski definition) is 3. The van der Waals surface area contributed by atoms with Crippen molar-refractivity contribution in [2.24, 2.45) is 0 Å². The first-order chi connectivity index (χ1) is 9.61. The molecule has 2 heterocycles. The lowest BCUT2D eigenvalue weighted by Gasteiger charge is -2.13. The molecule has 0 bridgehead atoms. The molecule has 0 unspecified atom stereocenters. The van der Waals surface area contributed by atoms with Crippen molar-refractivity contribution in [3.8, 4) is 17.0 Å². The zero-order valence-electron chi connectivity index (χ0n) is 12.2. The number of nitrogens with zero attached hydrogens (tertiary/aromatic N) is 2. The van der Waals surface area contributed by atoms with Gasteiger partial charge in [-0.25, -0.2) is 4.98 Å². The van der Waals surface area contributed by atoms with Gasteiger partial charge in [-0.15, -0.1) is 11.3 Å². The van der Waals surface area contributed by atoms with Crippen LogP contribution in [-0.2, 0) is 0 Å². The molecule has 0 aliphatic carbocycles. The van der Waals surface area contributed by atoms with E-state index >= 15 is 0 Å². The highest BCUT2D eigenvalue weighted by molar-refractivity contribution is 7.17. The molecule has 0 amide bonds. The number of imidazole rings is 1. The third-order valence-electron chi connectivity index (χ3n) is 3.57. The van der Waals surface area contributed by atoms with Gasteiger partial charge in [0.25, 0.3) is 0 Å². The highest BCUT2D eigenvalue weighted by Gasteiger charge is 2.16. The largest absolute Gasteiger partial charge is 0.496 e. The van der Waals surface area contributed by atoms with Gasteiger partial charge in [0.1, 0.15) is 5.75 Å². The van der Waals surface area contributed by atoms with Crippen LogP contribution in [0, 0.1) is 6.92 Å². The van der Waals surface area contributed by atoms with Crippen LogP contribution >= 0.6 is 11.3 Å². The first kappa shape index (κ1) is 13.2. The molecule has 104 valence electrons. The molecule has 4 heteroatoms. The Morgan fingerprint density at radius 2 is 2.10 bits per heavy atom. The Hall–Kier alpha value is -1.81. The van der Waals surface area contributed by atoms with Crippen molar-refractivity contribution in [2.75, 3.05) is 7.11 Å². The molecule has 0 atom stereocenters. The van der Waals surface area contributed by atoms with Gasteiger partial charge in [-0.1, -0.05) is 19.9 Å². The van der Waals surface area contributed by atoms with Crippen LogP contribution in [0.15, 0.2) is 30.6 Å². The molecule has 2 aromatic heterocycles. The molecule has 20 heavy (non-hydrogen) atoms. The zero-order chi connectivity index (χ0) is 14.3. The minimum atomic E-state index is 0.497. The van der Waals surface area contributed by atoms with E-state index in [0.29, 0.717) is 5.92 Å². The molecule has 0 saturated heterocycles. The molecule has 0 fully saturated rings. The highest BCUT2D eigenvalue weighted by Crippen LogP contribution is 2.37. The number of fused-ring (bicyclic) bond motifs is 1. The highest BCUT2D eigenvalue weighted by atomic mass is 32.1. The van der Waals surface area contributed by atoms with E-state index in [-0.39, 0.29) is 0 Å². The summed E-state index contributed by atoms with van der Waals surface area (Å²) in [4.78, 5) is 6.66. The lowest BCUT2D eigenvalue weighted by atomic mass is 9.98. The third kappa shape index (κ3) is 2.00. The minimum absolute atomic E-state index is 0.497. The van der Waals surface area contributed by atoms with Crippen molar-refractivity contribution in [2.45, 2.75) is 26.7 Å². The van der Waals surface area contributed by atoms with Crippen LogP contribution in [0.4, 0.5) is 0 Å². The lowest BCUT2D eigenvalue weighted by molar-refractivity contribution is 0.416. The Balaban J connectivity index is 2.29. The number of thiazole rings is 1. The quantitative estimate of drug-likeness (QED) is 0.708. The van der Waals surface area contributed by atoms with Gasteiger partial charge in [0.15, 0.2) is 4.96 Å². The number of benzene rings is 1. The van der Waals surface area contributed by atoms with E-state index in [1.807, 2.05) is 12.4 Å². The average molecular weight is 286 g/mol. The molecular weight excluding hydrogens is 268 g/mol. The minimum Gasteiger partial charge on any atom is -0.496 e. The number of rotatable bonds is 3. The molecule has 3 aromatic rings. The first-order valence-corrected chi connectivity index (χ1v) is 7.54. The summed E-state index contributed by atoms with van der Waals surface area (Å²) in [6.07, 6.45) is 3.85. The summed E-state index contributed by atoms with van der Waals surface area (Å²) < 4.78 is 7.70. The summed E-state index contributed by atoms with van der Waals surface area (Å²) in [5, 5.41) is 0. The number of hydrogen-bond donors (Lipinski definition) is 0. The predicted octanol–water partition coefficient (Wildman–Crippen LogP) is 4.50. The standard InChI is InChI=1S/C16H18N2OS/c1-10(2)12-5-6-14(19-4)13(9-12)15-11(3)20-16-17-7-8-18(15)16/h5-10H,1-4H3. The van der Waals surface area contributed by atoms with Gasteiger partial charge in [0.2, 0.25) is 0 Å². The van der Waals surface area contributed by atoms with Crippen molar-refractivity contribution in [3.05, 3.63) is 41.0 Å². The van der Waals surface area contributed by atoms with Crippen molar-refractivity contribution in [1.82, 2.24) is 9.38 Å². The van der Waals surface area contributed by atoms with Crippen molar-refractivity contribution < 1.29 is 4.74 Å². The zero-order valence-corrected chi connectivity index (χ0v) is 13.0. The fourth-order valence-corrected chi connectivity index (χ4v) is 3.42. The molecular formula is C16H18N2OS. The van der Waals surface area contributed by atoms with Gasteiger partial charge < -0.3 is 4.74 Å². The van der Waals surface area contributed by atoms with Gasteiger partial charge in [0.05, 0.1) is 12.8 Å². The van der Waals surface area contributed by atoms with E-state index in [2.05, 4.69) is 48.4 Å². The van der Waals surface area contributed by atoms with Crippen molar-refractivity contribution in [1.29, 1.82) is 0 Å². The summed E-state index contributed by atoms with van der Waals surface area (Å²) in [7, 11) is 1.72. The van der Waals surface area contributed by atoms with Crippen LogP contribution in [0.1, 0.15) is 30.2 Å². The number of aromatic nitrogens is 2. The second-order valence-electron chi connectivity index (χ2n) is 5.20. The van der Waals surface area contributed by atoms with Crippen LogP contribution in [0.3, 0.4) is 0 Å². The number of ether oxygens (including phenoxy) is 1. The van der Waals surface area contributed by atoms with Crippen molar-refractivity contribution in [3.63, 3.8) is 0 Å². The Kier molecular flexibility index (Phi) is 3.26. The molecule has 0 aliphatic rings. The smallest absolute Gasteiger partial charge is 0.194 e. The molecule has 3 rings (SSSR count). The molecule has 3 nitrogen and oxygen atoms in total. The van der Waals surface area contributed by atoms with E-state index in [4.69, 9.17) is 4.74 Å². The summed E-state index contributed by atoms with van der Waals surface area (Å²) in [5.74, 6) is 1.41. The number of aryl methyl sites for hydroxylation is 1. The monoisotopic (exact) mass is 286 g/mol. The molecule has 1 aromatic carbocycles. The Morgan fingerprint density at radius 1 is 1.30 bits per heavy atom. The van der Waals surface area contributed by atoms with E-state index in [1.165, 1.54) is 16.1 Å². The average Bonchev–Trinajstić information content (AvgIpc) is 2.97. The van der Waals surface area contributed by atoms with Gasteiger partial charge >= 0.3 is 0 Å². The van der Waals surface area contributed by atoms with Crippen LogP contribution in [0.2, 0.25) is 0 Å². The van der Waals surface area contributed by atoms with E-state index < -0.39 is 0 Å².